The van der Waals surface area contributed by atoms with Gasteiger partial charge < -0.3 is 10.1 Å². The molecule has 5 nitrogen and oxygen atoms in total. The fourth-order valence-electron chi connectivity index (χ4n) is 1.83. The van der Waals surface area contributed by atoms with Crippen molar-refractivity contribution in [1.82, 2.24) is 0 Å². The molecule has 0 spiro atoms. The quantitative estimate of drug-likeness (QED) is 0.565. The second kappa shape index (κ2) is 6.91. The number of nitrogens with one attached hydrogen (secondary N) is 1. The van der Waals surface area contributed by atoms with Gasteiger partial charge >= 0.3 is 0 Å². The van der Waals surface area contributed by atoms with Crippen LogP contribution in [0.4, 0.5) is 11.4 Å². The molecule has 0 aromatic heterocycles. The fourth-order valence-corrected chi connectivity index (χ4v) is 2.63. The van der Waals surface area contributed by atoms with Gasteiger partial charge in [0, 0.05) is 33.2 Å². The molecule has 0 saturated carbocycles. The van der Waals surface area contributed by atoms with Crippen molar-refractivity contribution in [3.63, 3.8) is 0 Å². The number of hydrogen-bond donors (Lipinski definition) is 1. The molecular weight excluding hydrogens is 404 g/mol. The van der Waals surface area contributed by atoms with Crippen molar-refractivity contribution >= 4 is 43.2 Å². The van der Waals surface area contributed by atoms with E-state index in [2.05, 4.69) is 37.2 Å². The van der Waals surface area contributed by atoms with Crippen LogP contribution in [0.2, 0.25) is 0 Å². The van der Waals surface area contributed by atoms with Gasteiger partial charge in [-0.05, 0) is 40.2 Å². The minimum Gasteiger partial charge on any atom is -0.497 e. The van der Waals surface area contributed by atoms with Crippen LogP contribution in [-0.4, -0.2) is 12.0 Å². The minimum atomic E-state index is -0.385. The molecule has 0 unspecified atom stereocenters. The van der Waals surface area contributed by atoms with Gasteiger partial charge in [-0.15, -0.1) is 0 Å². The van der Waals surface area contributed by atoms with Crippen LogP contribution in [0.1, 0.15) is 5.56 Å². The standard InChI is InChI=1S/C14H12Br2N2O3/c1-21-11-3-4-12(16)13(7-11)17-8-9-6-10(15)2-5-14(9)18(19)20/h2-7,17H,8H2,1H3. The maximum Gasteiger partial charge on any atom is 0.274 e. The lowest BCUT2D eigenvalue weighted by atomic mass is 10.1. The van der Waals surface area contributed by atoms with Gasteiger partial charge in [0.2, 0.25) is 0 Å². The van der Waals surface area contributed by atoms with E-state index in [1.807, 2.05) is 18.2 Å². The van der Waals surface area contributed by atoms with Crippen LogP contribution in [0.15, 0.2) is 45.3 Å². The second-order valence-electron chi connectivity index (χ2n) is 4.23. The number of hydrogen-bond acceptors (Lipinski definition) is 4. The third kappa shape index (κ3) is 3.95. The van der Waals surface area contributed by atoms with E-state index in [1.165, 1.54) is 6.07 Å². The Labute approximate surface area is 138 Å². The minimum absolute atomic E-state index is 0.0877. The Morgan fingerprint density at radius 3 is 2.67 bits per heavy atom. The van der Waals surface area contributed by atoms with Crippen molar-refractivity contribution in [2.75, 3.05) is 12.4 Å². The van der Waals surface area contributed by atoms with Crippen LogP contribution in [0.25, 0.3) is 0 Å². The summed E-state index contributed by atoms with van der Waals surface area (Å²) in [5.41, 5.74) is 1.50. The van der Waals surface area contributed by atoms with Gasteiger partial charge in [0.1, 0.15) is 5.75 Å². The number of anilines is 1. The average molecular weight is 416 g/mol. The molecule has 0 aliphatic rings. The van der Waals surface area contributed by atoms with Gasteiger partial charge in [0.05, 0.1) is 17.7 Å². The largest absolute Gasteiger partial charge is 0.497 e. The first-order valence-electron chi connectivity index (χ1n) is 6.01. The zero-order valence-electron chi connectivity index (χ0n) is 11.1. The van der Waals surface area contributed by atoms with Crippen molar-refractivity contribution in [2.45, 2.75) is 6.54 Å². The van der Waals surface area contributed by atoms with Crippen molar-refractivity contribution in [3.05, 3.63) is 61.0 Å². The molecule has 0 fully saturated rings. The average Bonchev–Trinajstić information content (AvgIpc) is 2.46. The van der Waals surface area contributed by atoms with Gasteiger partial charge in [0.15, 0.2) is 0 Å². The summed E-state index contributed by atoms with van der Waals surface area (Å²) in [7, 11) is 1.59. The SMILES string of the molecule is COc1ccc(Br)c(NCc2cc(Br)ccc2[N+](=O)[O-])c1. The molecule has 110 valence electrons. The highest BCUT2D eigenvalue weighted by molar-refractivity contribution is 9.10. The lowest BCUT2D eigenvalue weighted by molar-refractivity contribution is -0.385. The zero-order valence-corrected chi connectivity index (χ0v) is 14.3. The van der Waals surface area contributed by atoms with E-state index >= 15 is 0 Å². The first-order valence-corrected chi connectivity index (χ1v) is 7.60. The Bertz CT molecular complexity index is 677. The highest BCUT2D eigenvalue weighted by Gasteiger charge is 2.14. The molecule has 2 aromatic carbocycles. The van der Waals surface area contributed by atoms with Gasteiger partial charge in [0.25, 0.3) is 5.69 Å². The summed E-state index contributed by atoms with van der Waals surface area (Å²) < 4.78 is 6.83. The van der Waals surface area contributed by atoms with Crippen LogP contribution < -0.4 is 10.1 Å². The van der Waals surface area contributed by atoms with E-state index in [4.69, 9.17) is 4.74 Å². The summed E-state index contributed by atoms with van der Waals surface area (Å²) >= 11 is 6.76. The van der Waals surface area contributed by atoms with Crippen LogP contribution in [0.5, 0.6) is 5.75 Å². The fraction of sp³-hybridized carbons (Fsp3) is 0.143. The van der Waals surface area contributed by atoms with E-state index in [0.717, 1.165) is 14.6 Å². The van der Waals surface area contributed by atoms with Crippen LogP contribution >= 0.6 is 31.9 Å². The molecule has 2 rings (SSSR count). The lowest BCUT2D eigenvalue weighted by Crippen LogP contribution is -2.04. The van der Waals surface area contributed by atoms with E-state index in [1.54, 1.807) is 19.2 Å². The van der Waals surface area contributed by atoms with Crippen LogP contribution in [0, 0.1) is 10.1 Å². The van der Waals surface area contributed by atoms with Crippen molar-refractivity contribution < 1.29 is 9.66 Å². The van der Waals surface area contributed by atoms with Crippen molar-refractivity contribution in [2.24, 2.45) is 0 Å². The Balaban J connectivity index is 2.24. The van der Waals surface area contributed by atoms with Crippen LogP contribution in [-0.2, 0) is 6.54 Å². The highest BCUT2D eigenvalue weighted by atomic mass is 79.9. The molecule has 0 bridgehead atoms. The molecule has 0 heterocycles. The maximum atomic E-state index is 11.0. The predicted octanol–water partition coefficient (Wildman–Crippen LogP) is 4.74. The summed E-state index contributed by atoms with van der Waals surface area (Å²) in [6, 6.07) is 10.4. The van der Waals surface area contributed by atoms with E-state index in [0.29, 0.717) is 17.9 Å². The third-order valence-electron chi connectivity index (χ3n) is 2.88. The molecule has 0 aliphatic heterocycles. The number of halogens is 2. The summed E-state index contributed by atoms with van der Waals surface area (Å²) in [5.74, 6) is 0.712. The summed E-state index contributed by atoms with van der Waals surface area (Å²) in [6.45, 7) is 0.335. The summed E-state index contributed by atoms with van der Waals surface area (Å²) in [4.78, 5) is 10.7. The molecule has 21 heavy (non-hydrogen) atoms. The molecule has 0 aliphatic carbocycles. The van der Waals surface area contributed by atoms with Gasteiger partial charge in [-0.1, -0.05) is 15.9 Å². The summed E-state index contributed by atoms with van der Waals surface area (Å²) in [6.07, 6.45) is 0. The smallest absolute Gasteiger partial charge is 0.274 e. The number of benzene rings is 2. The number of rotatable bonds is 5. The Hall–Kier alpha value is -1.60. The van der Waals surface area contributed by atoms with Gasteiger partial charge in [-0.2, -0.15) is 0 Å². The van der Waals surface area contributed by atoms with E-state index < -0.39 is 0 Å². The molecule has 0 saturated heterocycles. The normalized spacial score (nSPS) is 10.2. The molecular formula is C14H12Br2N2O3. The maximum absolute atomic E-state index is 11.0. The van der Waals surface area contributed by atoms with Gasteiger partial charge in [-0.25, -0.2) is 0 Å². The van der Waals surface area contributed by atoms with Crippen LogP contribution in [0.3, 0.4) is 0 Å². The lowest BCUT2D eigenvalue weighted by Gasteiger charge is -2.11. The molecule has 7 heteroatoms. The topological polar surface area (TPSA) is 64.4 Å². The van der Waals surface area contributed by atoms with Crippen molar-refractivity contribution in [1.29, 1.82) is 0 Å². The number of methoxy groups -OCH3 is 1. The third-order valence-corrected chi connectivity index (χ3v) is 4.07. The van der Waals surface area contributed by atoms with Gasteiger partial charge in [-0.3, -0.25) is 10.1 Å². The van der Waals surface area contributed by atoms with E-state index in [9.17, 15) is 10.1 Å². The number of ether oxygens (including phenoxy) is 1. The monoisotopic (exact) mass is 414 g/mol. The molecule has 2 aromatic rings. The molecule has 1 N–H and O–H groups in total. The zero-order chi connectivity index (χ0) is 15.4. The predicted molar refractivity (Wildman–Crippen MR) is 88.8 cm³/mol. The Morgan fingerprint density at radius 2 is 2.00 bits per heavy atom. The van der Waals surface area contributed by atoms with E-state index in [-0.39, 0.29) is 10.6 Å². The first kappa shape index (κ1) is 15.8. The summed E-state index contributed by atoms with van der Waals surface area (Å²) in [5, 5.41) is 14.2. The van der Waals surface area contributed by atoms with Crippen molar-refractivity contribution in [3.8, 4) is 5.75 Å². The molecule has 0 atom stereocenters. The molecule has 0 amide bonds. The molecule has 0 radical (unpaired) electrons. The number of nitro groups is 1. The Kier molecular flexibility index (Phi) is 5.19. The highest BCUT2D eigenvalue weighted by Crippen LogP contribution is 2.29. The number of nitro benzene ring substituents is 1. The Morgan fingerprint density at radius 1 is 1.24 bits per heavy atom. The first-order chi connectivity index (χ1) is 10.0. The number of nitrogens with zero attached hydrogens (tertiary/aromatic N) is 1. The second-order valence-corrected chi connectivity index (χ2v) is 6.00.